The fraction of sp³-hybridized carbons (Fsp3) is 0.818. The van der Waals surface area contributed by atoms with Crippen molar-refractivity contribution in [3.8, 4) is 0 Å². The van der Waals surface area contributed by atoms with Gasteiger partial charge in [-0.05, 0) is 5.92 Å². The van der Waals surface area contributed by atoms with Gasteiger partial charge in [-0.1, -0.05) is 26.9 Å². The number of cyclic esters (lactones) is 2. The lowest BCUT2D eigenvalue weighted by molar-refractivity contribution is -0.173. The van der Waals surface area contributed by atoms with Crippen molar-refractivity contribution >= 4 is 31.5 Å². The van der Waals surface area contributed by atoms with Crippen LogP contribution in [0.1, 0.15) is 26.7 Å². The number of ether oxygens (including phenoxy) is 1. The smallest absolute Gasteiger partial charge is 0.313 e. The van der Waals surface area contributed by atoms with E-state index in [1.54, 1.807) is 0 Å². The molecule has 0 spiro atoms. The van der Waals surface area contributed by atoms with Crippen LogP contribution < -0.4 is 0 Å². The van der Waals surface area contributed by atoms with E-state index in [2.05, 4.69) is 4.74 Å². The molecule has 7 heteroatoms. The molecular formula is C11H22O5Si2. The molecule has 1 aliphatic heterocycles. The minimum Gasteiger partial charge on any atom is -0.400 e. The topological polar surface area (TPSA) is 61.8 Å². The van der Waals surface area contributed by atoms with Crippen LogP contribution in [0, 0.1) is 11.3 Å². The molecule has 0 atom stereocenters. The van der Waals surface area contributed by atoms with Crippen LogP contribution in [0.5, 0.6) is 0 Å². The molecule has 0 aromatic carbocycles. The molecule has 0 aliphatic carbocycles. The maximum Gasteiger partial charge on any atom is 0.313 e. The van der Waals surface area contributed by atoms with Crippen LogP contribution in [-0.2, 0) is 23.2 Å². The molecule has 104 valence electrons. The molecule has 1 fully saturated rings. The summed E-state index contributed by atoms with van der Waals surface area (Å²) in [5.41, 5.74) is -0.346. The summed E-state index contributed by atoms with van der Waals surface area (Å²) in [6, 6.07) is 0. The summed E-state index contributed by atoms with van der Waals surface area (Å²) in [4.78, 5) is 22.7. The first-order valence-electron chi connectivity index (χ1n) is 6.38. The molecule has 0 aromatic heterocycles. The Kier molecular flexibility index (Phi) is 5.70. The van der Waals surface area contributed by atoms with Gasteiger partial charge in [-0.25, -0.2) is 0 Å². The van der Waals surface area contributed by atoms with Gasteiger partial charge in [-0.15, -0.1) is 0 Å². The summed E-state index contributed by atoms with van der Waals surface area (Å²) in [5.74, 6) is -0.950. The van der Waals surface area contributed by atoms with Crippen molar-refractivity contribution in [1.82, 2.24) is 0 Å². The Morgan fingerprint density at radius 3 is 2.00 bits per heavy atom. The van der Waals surface area contributed by atoms with Gasteiger partial charge in [0.25, 0.3) is 0 Å². The van der Waals surface area contributed by atoms with E-state index < -0.39 is 31.5 Å². The standard InChI is InChI=1S/C11H22O5Si2/c1-11(2,10(15-17-3)16-18-4)7-5-8(12)14-9(13)6-7/h7,10H,5-6,17-18H2,1-4H3. The lowest BCUT2D eigenvalue weighted by Crippen LogP contribution is -2.45. The number of esters is 2. The summed E-state index contributed by atoms with van der Waals surface area (Å²) < 4.78 is 16.1. The Bertz CT molecular complexity index is 297. The Balaban J connectivity index is 2.80. The molecule has 5 nitrogen and oxygen atoms in total. The van der Waals surface area contributed by atoms with E-state index >= 15 is 0 Å². The fourth-order valence-electron chi connectivity index (χ4n) is 2.18. The van der Waals surface area contributed by atoms with Crippen molar-refractivity contribution in [2.75, 3.05) is 0 Å². The average molecular weight is 290 g/mol. The van der Waals surface area contributed by atoms with E-state index in [0.717, 1.165) is 0 Å². The highest BCUT2D eigenvalue weighted by Gasteiger charge is 2.43. The van der Waals surface area contributed by atoms with Gasteiger partial charge < -0.3 is 13.6 Å². The van der Waals surface area contributed by atoms with Crippen LogP contribution >= 0.6 is 0 Å². The normalized spacial score (nSPS) is 21.1. The summed E-state index contributed by atoms with van der Waals surface area (Å²) in [5, 5.41) is 0. The zero-order valence-corrected chi connectivity index (χ0v) is 14.4. The second-order valence-corrected chi connectivity index (χ2v) is 6.84. The first-order valence-corrected chi connectivity index (χ1v) is 10.4. The zero-order chi connectivity index (χ0) is 13.8. The molecule has 1 rings (SSSR count). The molecule has 0 bridgehead atoms. The zero-order valence-electron chi connectivity index (χ0n) is 11.5. The molecule has 1 saturated heterocycles. The Hall–Kier alpha value is -0.506. The first-order chi connectivity index (χ1) is 8.41. The quantitative estimate of drug-likeness (QED) is 0.301. The molecule has 0 unspecified atom stereocenters. The van der Waals surface area contributed by atoms with Gasteiger partial charge >= 0.3 is 11.9 Å². The monoisotopic (exact) mass is 290 g/mol. The third-order valence-electron chi connectivity index (χ3n) is 3.35. The number of hydrogen-bond acceptors (Lipinski definition) is 5. The van der Waals surface area contributed by atoms with Crippen LogP contribution in [0.25, 0.3) is 0 Å². The number of rotatable bonds is 6. The number of carbonyl (C=O) groups is 2. The van der Waals surface area contributed by atoms with Crippen molar-refractivity contribution in [1.29, 1.82) is 0 Å². The Morgan fingerprint density at radius 1 is 1.17 bits per heavy atom. The predicted molar refractivity (Wildman–Crippen MR) is 72.4 cm³/mol. The fourth-order valence-corrected chi connectivity index (χ4v) is 4.03. The molecule has 0 radical (unpaired) electrons. The SMILES string of the molecule is C[SiH2]OC(O[SiH2]C)C(C)(C)C1CC(=O)OC(=O)C1. The van der Waals surface area contributed by atoms with E-state index in [-0.39, 0.29) is 30.5 Å². The van der Waals surface area contributed by atoms with Gasteiger partial charge in [0.05, 0.1) is 12.8 Å². The van der Waals surface area contributed by atoms with Crippen molar-refractivity contribution in [2.24, 2.45) is 11.3 Å². The lowest BCUT2D eigenvalue weighted by Gasteiger charge is -2.41. The molecular weight excluding hydrogens is 268 g/mol. The molecule has 0 saturated carbocycles. The summed E-state index contributed by atoms with van der Waals surface area (Å²) in [6.45, 7) is 8.10. The number of hydrogen-bond donors (Lipinski definition) is 0. The Morgan fingerprint density at radius 2 is 1.61 bits per heavy atom. The van der Waals surface area contributed by atoms with E-state index in [9.17, 15) is 9.59 Å². The minimum atomic E-state index is -0.599. The maximum absolute atomic E-state index is 11.4. The molecule has 0 aromatic rings. The molecule has 1 aliphatic rings. The van der Waals surface area contributed by atoms with Crippen LogP contribution in [0.15, 0.2) is 0 Å². The third kappa shape index (κ3) is 3.74. The summed E-state index contributed by atoms with van der Waals surface area (Å²) in [6.07, 6.45) is 0.228. The summed E-state index contributed by atoms with van der Waals surface area (Å²) >= 11 is 0. The van der Waals surface area contributed by atoms with Gasteiger partial charge in [0.1, 0.15) is 6.29 Å². The second kappa shape index (κ2) is 6.60. The van der Waals surface area contributed by atoms with E-state index in [0.29, 0.717) is 0 Å². The molecule has 1 heterocycles. The average Bonchev–Trinajstić information content (AvgIpc) is 2.27. The molecule has 18 heavy (non-hydrogen) atoms. The molecule has 0 amide bonds. The summed E-state index contributed by atoms with van der Waals surface area (Å²) in [7, 11) is -1.20. The van der Waals surface area contributed by atoms with Crippen LogP contribution in [-0.4, -0.2) is 37.8 Å². The van der Waals surface area contributed by atoms with E-state index in [1.807, 2.05) is 26.9 Å². The van der Waals surface area contributed by atoms with Crippen LogP contribution in [0.4, 0.5) is 0 Å². The van der Waals surface area contributed by atoms with Crippen LogP contribution in [0.2, 0.25) is 13.1 Å². The third-order valence-corrected chi connectivity index (χ3v) is 4.62. The van der Waals surface area contributed by atoms with Gasteiger partial charge in [0.2, 0.25) is 0 Å². The number of carbonyl (C=O) groups excluding carboxylic acids is 2. The first kappa shape index (κ1) is 15.6. The Labute approximate surface area is 112 Å². The highest BCUT2D eigenvalue weighted by atomic mass is 28.2. The van der Waals surface area contributed by atoms with Gasteiger partial charge in [0.15, 0.2) is 19.5 Å². The predicted octanol–water partition coefficient (Wildman–Crippen LogP) is 0.115. The lowest BCUT2D eigenvalue weighted by atomic mass is 9.74. The van der Waals surface area contributed by atoms with Gasteiger partial charge in [-0.2, -0.15) is 0 Å². The van der Waals surface area contributed by atoms with Gasteiger partial charge in [0, 0.05) is 5.41 Å². The van der Waals surface area contributed by atoms with Crippen molar-refractivity contribution in [3.05, 3.63) is 0 Å². The highest BCUT2D eigenvalue weighted by molar-refractivity contribution is 6.26. The second-order valence-electron chi connectivity index (χ2n) is 5.02. The van der Waals surface area contributed by atoms with E-state index in [1.165, 1.54) is 0 Å². The van der Waals surface area contributed by atoms with Crippen molar-refractivity contribution in [3.63, 3.8) is 0 Å². The maximum atomic E-state index is 11.4. The van der Waals surface area contributed by atoms with Crippen molar-refractivity contribution in [2.45, 2.75) is 46.1 Å². The highest BCUT2D eigenvalue weighted by Crippen LogP contribution is 2.39. The van der Waals surface area contributed by atoms with E-state index in [4.69, 9.17) is 8.85 Å². The van der Waals surface area contributed by atoms with Gasteiger partial charge in [-0.3, -0.25) is 9.59 Å². The van der Waals surface area contributed by atoms with Crippen LogP contribution in [0.3, 0.4) is 0 Å². The minimum absolute atomic E-state index is 0.0719. The molecule has 0 N–H and O–H groups in total. The van der Waals surface area contributed by atoms with Crippen molar-refractivity contribution < 1.29 is 23.2 Å². The largest absolute Gasteiger partial charge is 0.400 e.